The number of carboxylic acids is 1. The molecule has 0 aromatic heterocycles. The van der Waals surface area contributed by atoms with Crippen molar-refractivity contribution in [1.29, 1.82) is 0 Å². The third-order valence-corrected chi connectivity index (χ3v) is 5.71. The number of rotatable bonds is 3. The zero-order chi connectivity index (χ0) is 14.9. The molecule has 1 atom stereocenters. The number of benzene rings is 1. The van der Waals surface area contributed by atoms with Crippen molar-refractivity contribution in [3.05, 3.63) is 34.3 Å². The summed E-state index contributed by atoms with van der Waals surface area (Å²) in [4.78, 5) is 14.0. The van der Waals surface area contributed by atoms with Crippen molar-refractivity contribution in [3.8, 4) is 0 Å². The summed E-state index contributed by atoms with van der Waals surface area (Å²) >= 11 is 3.45. The molecule has 1 aromatic rings. The molecule has 1 unspecified atom stereocenters. The molecule has 1 aliphatic carbocycles. The molecule has 2 aliphatic rings. The van der Waals surface area contributed by atoms with Crippen LogP contribution in [-0.2, 0) is 11.3 Å². The summed E-state index contributed by atoms with van der Waals surface area (Å²) in [7, 11) is 0. The summed E-state index contributed by atoms with van der Waals surface area (Å²) in [6.07, 6.45) is 5.81. The SMILES string of the molecule is O=C(O)C1CN(Cc2ccc(Br)cc2)CC12CCCCC2. The molecule has 0 bridgehead atoms. The fraction of sp³-hybridized carbons (Fsp3) is 0.588. The number of carbonyl (C=O) groups is 1. The van der Waals surface area contributed by atoms with Gasteiger partial charge in [-0.1, -0.05) is 47.3 Å². The van der Waals surface area contributed by atoms with E-state index in [4.69, 9.17) is 0 Å². The lowest BCUT2D eigenvalue weighted by Gasteiger charge is -2.36. The molecule has 1 saturated heterocycles. The Kier molecular flexibility index (Phi) is 4.36. The van der Waals surface area contributed by atoms with Crippen LogP contribution in [0.3, 0.4) is 0 Å². The summed E-state index contributed by atoms with van der Waals surface area (Å²) in [6, 6.07) is 8.34. The minimum absolute atomic E-state index is 0.0272. The largest absolute Gasteiger partial charge is 0.481 e. The molecule has 0 radical (unpaired) electrons. The predicted octanol–water partition coefficient (Wildman–Crippen LogP) is 3.92. The van der Waals surface area contributed by atoms with Crippen molar-refractivity contribution in [1.82, 2.24) is 4.90 Å². The molecule has 1 aliphatic heterocycles. The van der Waals surface area contributed by atoms with Crippen molar-refractivity contribution in [2.45, 2.75) is 38.6 Å². The van der Waals surface area contributed by atoms with Crippen molar-refractivity contribution < 1.29 is 9.90 Å². The Bertz CT molecular complexity index is 508. The minimum atomic E-state index is -0.602. The van der Waals surface area contributed by atoms with E-state index >= 15 is 0 Å². The van der Waals surface area contributed by atoms with Gasteiger partial charge in [-0.2, -0.15) is 0 Å². The van der Waals surface area contributed by atoms with Gasteiger partial charge in [-0.15, -0.1) is 0 Å². The molecule has 0 amide bonds. The van der Waals surface area contributed by atoms with Gasteiger partial charge in [0.05, 0.1) is 5.92 Å². The molecule has 1 saturated carbocycles. The highest BCUT2D eigenvalue weighted by atomic mass is 79.9. The van der Waals surface area contributed by atoms with Gasteiger partial charge in [0.2, 0.25) is 0 Å². The van der Waals surface area contributed by atoms with Gasteiger partial charge in [0.25, 0.3) is 0 Å². The zero-order valence-corrected chi connectivity index (χ0v) is 13.8. The number of hydrogen-bond acceptors (Lipinski definition) is 2. The Labute approximate surface area is 134 Å². The van der Waals surface area contributed by atoms with E-state index in [1.807, 2.05) is 0 Å². The van der Waals surface area contributed by atoms with Crippen LogP contribution in [0, 0.1) is 11.3 Å². The molecule has 3 rings (SSSR count). The Hall–Kier alpha value is -0.870. The highest BCUT2D eigenvalue weighted by Crippen LogP contribution is 2.47. The number of nitrogens with zero attached hydrogens (tertiary/aromatic N) is 1. The molecule has 4 heteroatoms. The van der Waals surface area contributed by atoms with Gasteiger partial charge < -0.3 is 5.11 Å². The Morgan fingerprint density at radius 1 is 1.24 bits per heavy atom. The second-order valence-corrected chi connectivity index (χ2v) is 7.53. The van der Waals surface area contributed by atoms with Gasteiger partial charge in [-0.05, 0) is 36.0 Å². The van der Waals surface area contributed by atoms with Crippen molar-refractivity contribution in [2.24, 2.45) is 11.3 Å². The van der Waals surface area contributed by atoms with Crippen LogP contribution in [0.15, 0.2) is 28.7 Å². The summed E-state index contributed by atoms with van der Waals surface area (Å²) in [5, 5.41) is 9.62. The maximum Gasteiger partial charge on any atom is 0.308 e. The van der Waals surface area contributed by atoms with E-state index < -0.39 is 5.97 Å². The molecule has 1 heterocycles. The van der Waals surface area contributed by atoms with Crippen molar-refractivity contribution in [2.75, 3.05) is 13.1 Å². The van der Waals surface area contributed by atoms with E-state index in [1.54, 1.807) is 0 Å². The molecule has 21 heavy (non-hydrogen) atoms. The monoisotopic (exact) mass is 351 g/mol. The molecular formula is C17H22BrNO2. The fourth-order valence-corrected chi connectivity index (χ4v) is 4.41. The van der Waals surface area contributed by atoms with E-state index in [-0.39, 0.29) is 11.3 Å². The molecule has 2 fully saturated rings. The lowest BCUT2D eigenvalue weighted by Crippen LogP contribution is -2.36. The maximum absolute atomic E-state index is 11.7. The highest BCUT2D eigenvalue weighted by Gasteiger charge is 2.50. The topological polar surface area (TPSA) is 40.5 Å². The fourth-order valence-electron chi connectivity index (χ4n) is 4.14. The van der Waals surface area contributed by atoms with Crippen LogP contribution in [0.5, 0.6) is 0 Å². The van der Waals surface area contributed by atoms with Crippen LogP contribution in [0.25, 0.3) is 0 Å². The van der Waals surface area contributed by atoms with Crippen LogP contribution in [-0.4, -0.2) is 29.1 Å². The van der Waals surface area contributed by atoms with E-state index in [1.165, 1.54) is 24.8 Å². The van der Waals surface area contributed by atoms with Crippen LogP contribution < -0.4 is 0 Å². The number of likely N-dealkylation sites (tertiary alicyclic amines) is 1. The molecule has 1 spiro atoms. The van der Waals surface area contributed by atoms with E-state index in [9.17, 15) is 9.90 Å². The third-order valence-electron chi connectivity index (χ3n) is 5.19. The Balaban J connectivity index is 1.73. The second kappa shape index (κ2) is 6.09. The van der Waals surface area contributed by atoms with Gasteiger partial charge in [0, 0.05) is 24.1 Å². The van der Waals surface area contributed by atoms with Crippen LogP contribution in [0.1, 0.15) is 37.7 Å². The standard InChI is InChI=1S/C17H22BrNO2/c18-14-6-4-13(5-7-14)10-19-11-15(16(20)21)17(12-19)8-2-1-3-9-17/h4-7,15H,1-3,8-12H2,(H,20,21). The van der Waals surface area contributed by atoms with Gasteiger partial charge in [0.1, 0.15) is 0 Å². The van der Waals surface area contributed by atoms with Gasteiger partial charge in [-0.3, -0.25) is 9.69 Å². The van der Waals surface area contributed by atoms with E-state index in [0.29, 0.717) is 6.54 Å². The van der Waals surface area contributed by atoms with Crippen LogP contribution >= 0.6 is 15.9 Å². The van der Waals surface area contributed by atoms with Crippen molar-refractivity contribution >= 4 is 21.9 Å². The first-order valence-corrected chi connectivity index (χ1v) is 8.58. The minimum Gasteiger partial charge on any atom is -0.481 e. The average molecular weight is 352 g/mol. The van der Waals surface area contributed by atoms with Gasteiger partial charge in [-0.25, -0.2) is 0 Å². The van der Waals surface area contributed by atoms with Gasteiger partial charge in [0.15, 0.2) is 0 Å². The second-order valence-electron chi connectivity index (χ2n) is 6.61. The lowest BCUT2D eigenvalue weighted by molar-refractivity contribution is -0.145. The summed E-state index contributed by atoms with van der Waals surface area (Å²) in [5.41, 5.74) is 1.29. The molecule has 1 aromatic carbocycles. The average Bonchev–Trinajstić information content (AvgIpc) is 2.80. The normalized spacial score (nSPS) is 25.3. The first kappa shape index (κ1) is 15.0. The maximum atomic E-state index is 11.7. The number of carboxylic acid groups (broad SMARTS) is 1. The highest BCUT2D eigenvalue weighted by molar-refractivity contribution is 9.10. The first-order valence-electron chi connectivity index (χ1n) is 7.79. The quantitative estimate of drug-likeness (QED) is 0.897. The van der Waals surface area contributed by atoms with Crippen molar-refractivity contribution in [3.63, 3.8) is 0 Å². The third kappa shape index (κ3) is 3.16. The smallest absolute Gasteiger partial charge is 0.308 e. The van der Waals surface area contributed by atoms with Crippen LogP contribution in [0.4, 0.5) is 0 Å². The molecule has 114 valence electrons. The zero-order valence-electron chi connectivity index (χ0n) is 12.2. The molecule has 3 nitrogen and oxygen atoms in total. The number of hydrogen-bond donors (Lipinski definition) is 1. The van der Waals surface area contributed by atoms with Crippen LogP contribution in [0.2, 0.25) is 0 Å². The first-order chi connectivity index (χ1) is 10.1. The number of aliphatic carboxylic acids is 1. The summed E-state index contributed by atoms with van der Waals surface area (Å²) in [6.45, 7) is 2.50. The summed E-state index contributed by atoms with van der Waals surface area (Å²) < 4.78 is 1.08. The lowest BCUT2D eigenvalue weighted by atomic mass is 9.68. The molecular weight excluding hydrogens is 330 g/mol. The Morgan fingerprint density at radius 2 is 1.90 bits per heavy atom. The predicted molar refractivity (Wildman–Crippen MR) is 86.1 cm³/mol. The van der Waals surface area contributed by atoms with Gasteiger partial charge >= 0.3 is 5.97 Å². The number of halogens is 1. The summed E-state index contributed by atoms with van der Waals surface area (Å²) in [5.74, 6) is -0.788. The van der Waals surface area contributed by atoms with E-state index in [2.05, 4.69) is 45.1 Å². The Morgan fingerprint density at radius 3 is 2.52 bits per heavy atom. The van der Waals surface area contributed by atoms with E-state index in [0.717, 1.165) is 30.4 Å². The molecule has 1 N–H and O–H groups in total.